The van der Waals surface area contributed by atoms with Gasteiger partial charge in [-0.25, -0.2) is 0 Å². The third kappa shape index (κ3) is 3.09. The van der Waals surface area contributed by atoms with Gasteiger partial charge in [0.25, 0.3) is 5.91 Å². The highest BCUT2D eigenvalue weighted by Crippen LogP contribution is 2.29. The van der Waals surface area contributed by atoms with E-state index in [2.05, 4.69) is 24.9 Å². The van der Waals surface area contributed by atoms with Crippen molar-refractivity contribution in [3.05, 3.63) is 35.3 Å². The lowest BCUT2D eigenvalue weighted by molar-refractivity contribution is 0.0994. The minimum Gasteiger partial charge on any atom is -0.393 e. The van der Waals surface area contributed by atoms with Crippen LogP contribution in [0.3, 0.4) is 0 Å². The number of nitrogens with zero attached hydrogens (tertiary/aromatic N) is 5. The normalized spacial score (nSPS) is 21.2. The zero-order chi connectivity index (χ0) is 17.4. The van der Waals surface area contributed by atoms with Gasteiger partial charge in [-0.15, -0.1) is 10.2 Å². The quantitative estimate of drug-likeness (QED) is 0.839. The van der Waals surface area contributed by atoms with E-state index in [1.807, 2.05) is 6.20 Å². The van der Waals surface area contributed by atoms with Gasteiger partial charge in [0.1, 0.15) is 0 Å². The first kappa shape index (κ1) is 16.0. The molecule has 132 valence electrons. The number of piperidine rings is 1. The van der Waals surface area contributed by atoms with Crippen LogP contribution >= 0.6 is 0 Å². The van der Waals surface area contributed by atoms with Crippen LogP contribution in [0.2, 0.25) is 0 Å². The third-order valence-corrected chi connectivity index (χ3v) is 5.19. The summed E-state index contributed by atoms with van der Waals surface area (Å²) in [6, 6.07) is 3.80. The number of rotatable bonds is 3. The molecule has 1 saturated heterocycles. The lowest BCUT2D eigenvalue weighted by Gasteiger charge is -2.33. The Kier molecular flexibility index (Phi) is 4.12. The number of hydrogen-bond acceptors (Lipinski definition) is 6. The summed E-state index contributed by atoms with van der Waals surface area (Å²) in [5.74, 6) is 0.209. The van der Waals surface area contributed by atoms with Gasteiger partial charge in [0.05, 0.1) is 18.3 Å². The van der Waals surface area contributed by atoms with Crippen molar-refractivity contribution in [2.75, 3.05) is 18.0 Å². The first-order valence-electron chi connectivity index (χ1n) is 8.73. The number of aromatic nitrogens is 4. The van der Waals surface area contributed by atoms with Gasteiger partial charge in [0.2, 0.25) is 0 Å². The van der Waals surface area contributed by atoms with Gasteiger partial charge in [0.15, 0.2) is 11.5 Å². The average Bonchev–Trinajstić information content (AvgIpc) is 3.05. The highest BCUT2D eigenvalue weighted by atomic mass is 16.3. The first-order valence-corrected chi connectivity index (χ1v) is 8.73. The SMILES string of the molecule is NC(=O)c1ccc(N2CCC(n3ncc4c3CCC(O)C4)CC2)nn1. The Morgan fingerprint density at radius 3 is 2.68 bits per heavy atom. The Hall–Kier alpha value is -2.48. The van der Waals surface area contributed by atoms with E-state index in [0.29, 0.717) is 6.04 Å². The summed E-state index contributed by atoms with van der Waals surface area (Å²) in [4.78, 5) is 13.3. The number of hydrogen-bond donors (Lipinski definition) is 2. The molecule has 0 spiro atoms. The van der Waals surface area contributed by atoms with Crippen molar-refractivity contribution in [1.82, 2.24) is 20.0 Å². The van der Waals surface area contributed by atoms with Crippen LogP contribution < -0.4 is 10.6 Å². The highest BCUT2D eigenvalue weighted by molar-refractivity contribution is 5.90. The highest BCUT2D eigenvalue weighted by Gasteiger charge is 2.27. The second-order valence-electron chi connectivity index (χ2n) is 6.82. The number of nitrogens with two attached hydrogens (primary N) is 1. The molecule has 2 aromatic rings. The molecule has 8 heteroatoms. The molecule has 1 atom stereocenters. The molecule has 3 N–H and O–H groups in total. The Morgan fingerprint density at radius 1 is 1.20 bits per heavy atom. The molecule has 0 saturated carbocycles. The van der Waals surface area contributed by atoms with Crippen LogP contribution in [-0.4, -0.2) is 50.2 Å². The molecule has 0 aromatic carbocycles. The fourth-order valence-corrected chi connectivity index (χ4v) is 3.81. The summed E-state index contributed by atoms with van der Waals surface area (Å²) >= 11 is 0. The van der Waals surface area contributed by atoms with E-state index >= 15 is 0 Å². The van der Waals surface area contributed by atoms with E-state index in [9.17, 15) is 9.90 Å². The minimum atomic E-state index is -0.564. The monoisotopic (exact) mass is 342 g/mol. The number of carbonyl (C=O) groups is 1. The average molecular weight is 342 g/mol. The van der Waals surface area contributed by atoms with Crippen LogP contribution in [0, 0.1) is 0 Å². The molecule has 0 radical (unpaired) electrons. The summed E-state index contributed by atoms with van der Waals surface area (Å²) in [5.41, 5.74) is 7.86. The van der Waals surface area contributed by atoms with Crippen molar-refractivity contribution in [1.29, 1.82) is 0 Å². The fourth-order valence-electron chi connectivity index (χ4n) is 3.81. The standard InChI is InChI=1S/C17H22N6O2/c18-17(25)14-2-4-16(21-20-14)22-7-5-12(6-8-22)23-15-3-1-13(24)9-11(15)10-19-23/h2,4,10,12-13,24H,1,3,5-9H2,(H2,18,25). The van der Waals surface area contributed by atoms with E-state index in [-0.39, 0.29) is 11.8 Å². The smallest absolute Gasteiger partial charge is 0.269 e. The van der Waals surface area contributed by atoms with E-state index in [4.69, 9.17) is 5.73 Å². The van der Waals surface area contributed by atoms with Crippen LogP contribution in [0.25, 0.3) is 0 Å². The maximum absolute atomic E-state index is 11.1. The predicted octanol–water partition coefficient (Wildman–Crippen LogP) is 0.463. The minimum absolute atomic E-state index is 0.184. The summed E-state index contributed by atoms with van der Waals surface area (Å²) in [6.45, 7) is 1.74. The molecule has 8 nitrogen and oxygen atoms in total. The molecule has 1 aliphatic carbocycles. The Balaban J connectivity index is 1.43. The Bertz CT molecular complexity index is 764. The zero-order valence-electron chi connectivity index (χ0n) is 14.0. The van der Waals surface area contributed by atoms with Crippen LogP contribution in [0.1, 0.15) is 47.1 Å². The fraction of sp³-hybridized carbons (Fsp3) is 0.529. The number of aliphatic hydroxyl groups is 1. The van der Waals surface area contributed by atoms with Gasteiger partial charge >= 0.3 is 0 Å². The molecular weight excluding hydrogens is 320 g/mol. The molecule has 2 aromatic heterocycles. The number of anilines is 1. The topological polar surface area (TPSA) is 110 Å². The molecule has 4 rings (SSSR count). The van der Waals surface area contributed by atoms with Crippen molar-refractivity contribution in [3.8, 4) is 0 Å². The maximum atomic E-state index is 11.1. The Morgan fingerprint density at radius 2 is 2.00 bits per heavy atom. The molecule has 1 aliphatic heterocycles. The lowest BCUT2D eigenvalue weighted by Crippen LogP contribution is -2.36. The number of primary amides is 1. The van der Waals surface area contributed by atoms with E-state index in [0.717, 1.165) is 51.0 Å². The second kappa shape index (κ2) is 6.44. The largest absolute Gasteiger partial charge is 0.393 e. The van der Waals surface area contributed by atoms with Crippen LogP contribution in [-0.2, 0) is 12.8 Å². The Labute approximate surface area is 145 Å². The van der Waals surface area contributed by atoms with E-state index < -0.39 is 5.91 Å². The van der Waals surface area contributed by atoms with Crippen molar-refractivity contribution in [3.63, 3.8) is 0 Å². The van der Waals surface area contributed by atoms with Gasteiger partial charge in [-0.3, -0.25) is 9.48 Å². The molecule has 0 bridgehead atoms. The van der Waals surface area contributed by atoms with Crippen molar-refractivity contribution < 1.29 is 9.90 Å². The maximum Gasteiger partial charge on any atom is 0.269 e. The molecule has 25 heavy (non-hydrogen) atoms. The van der Waals surface area contributed by atoms with Gasteiger partial charge in [-0.1, -0.05) is 0 Å². The van der Waals surface area contributed by atoms with Crippen LogP contribution in [0.15, 0.2) is 18.3 Å². The van der Waals surface area contributed by atoms with Crippen LogP contribution in [0.4, 0.5) is 5.82 Å². The van der Waals surface area contributed by atoms with Crippen molar-refractivity contribution in [2.45, 2.75) is 44.2 Å². The molecular formula is C17H22N6O2. The van der Waals surface area contributed by atoms with Gasteiger partial charge < -0.3 is 15.7 Å². The van der Waals surface area contributed by atoms with Crippen molar-refractivity contribution in [2.24, 2.45) is 5.73 Å². The van der Waals surface area contributed by atoms with E-state index in [1.165, 1.54) is 11.3 Å². The molecule has 1 fully saturated rings. The predicted molar refractivity (Wildman–Crippen MR) is 91.3 cm³/mol. The summed E-state index contributed by atoms with van der Waals surface area (Å²) in [6.07, 6.45) is 6.09. The van der Waals surface area contributed by atoms with Crippen molar-refractivity contribution >= 4 is 11.7 Å². The number of amides is 1. The third-order valence-electron chi connectivity index (χ3n) is 5.19. The molecule has 1 unspecified atom stereocenters. The van der Waals surface area contributed by atoms with Gasteiger partial charge in [-0.05, 0) is 43.4 Å². The van der Waals surface area contributed by atoms with Crippen LogP contribution in [0.5, 0.6) is 0 Å². The second-order valence-corrected chi connectivity index (χ2v) is 6.82. The zero-order valence-corrected chi connectivity index (χ0v) is 14.0. The number of aliphatic hydroxyl groups excluding tert-OH is 1. The summed E-state index contributed by atoms with van der Waals surface area (Å²) < 4.78 is 2.17. The number of carbonyl (C=O) groups excluding carboxylic acids is 1. The molecule has 2 aliphatic rings. The molecule has 1 amide bonds. The number of fused-ring (bicyclic) bond motifs is 1. The van der Waals surface area contributed by atoms with E-state index in [1.54, 1.807) is 12.1 Å². The summed E-state index contributed by atoms with van der Waals surface area (Å²) in [7, 11) is 0. The molecule has 3 heterocycles. The van der Waals surface area contributed by atoms with Gasteiger partial charge in [-0.2, -0.15) is 5.10 Å². The summed E-state index contributed by atoms with van der Waals surface area (Å²) in [5, 5.41) is 22.4. The first-order chi connectivity index (χ1) is 12.1. The van der Waals surface area contributed by atoms with Gasteiger partial charge in [0, 0.05) is 25.2 Å². The lowest BCUT2D eigenvalue weighted by atomic mass is 9.94.